The van der Waals surface area contributed by atoms with Crippen molar-refractivity contribution >= 4 is 30.8 Å². The highest BCUT2D eigenvalue weighted by molar-refractivity contribution is 5.85. The summed E-state index contributed by atoms with van der Waals surface area (Å²) in [5, 5.41) is 3.30. The molecule has 1 atom stereocenters. The van der Waals surface area contributed by atoms with Gasteiger partial charge in [-0.25, -0.2) is 0 Å². The smallest absolute Gasteiger partial charge is 0.324 e. The fourth-order valence-corrected chi connectivity index (χ4v) is 3.23. The fourth-order valence-electron chi connectivity index (χ4n) is 3.23. The zero-order chi connectivity index (χ0) is 16.1. The van der Waals surface area contributed by atoms with E-state index in [1.807, 2.05) is 36.4 Å². The lowest BCUT2D eigenvalue weighted by molar-refractivity contribution is -0.148. The molecule has 1 aliphatic rings. The molecule has 0 bridgehead atoms. The Morgan fingerprint density at radius 3 is 2.04 bits per heavy atom. The van der Waals surface area contributed by atoms with Crippen molar-refractivity contribution in [3.8, 4) is 0 Å². The molecule has 0 radical (unpaired) electrons. The number of hydrogen-bond donors (Lipinski definition) is 1. The van der Waals surface area contributed by atoms with E-state index in [4.69, 9.17) is 4.74 Å². The van der Waals surface area contributed by atoms with Crippen molar-refractivity contribution in [2.75, 3.05) is 26.7 Å². The second-order valence-electron chi connectivity index (χ2n) is 5.70. The van der Waals surface area contributed by atoms with Gasteiger partial charge in [-0.3, -0.25) is 9.69 Å². The van der Waals surface area contributed by atoms with Gasteiger partial charge in [-0.2, -0.15) is 0 Å². The molecule has 0 saturated carbocycles. The van der Waals surface area contributed by atoms with Crippen molar-refractivity contribution in [2.24, 2.45) is 0 Å². The molecule has 0 unspecified atom stereocenters. The first-order valence-electron chi connectivity index (χ1n) is 7.95. The number of ether oxygens (including phenoxy) is 1. The van der Waals surface area contributed by atoms with Gasteiger partial charge in [0.15, 0.2) is 0 Å². The third-order valence-corrected chi connectivity index (χ3v) is 4.32. The van der Waals surface area contributed by atoms with E-state index in [1.165, 1.54) is 18.2 Å². The molecule has 1 saturated heterocycles. The Morgan fingerprint density at radius 1 is 1.04 bits per heavy atom. The molecular formula is C19H24Cl2N2O2. The average Bonchev–Trinajstić information content (AvgIpc) is 2.63. The number of halogens is 2. The second-order valence-corrected chi connectivity index (χ2v) is 5.70. The quantitative estimate of drug-likeness (QED) is 0.825. The van der Waals surface area contributed by atoms with Crippen molar-refractivity contribution in [1.29, 1.82) is 0 Å². The Hall–Kier alpha value is -1.59. The summed E-state index contributed by atoms with van der Waals surface area (Å²) in [7, 11) is 1.45. The van der Waals surface area contributed by atoms with Crippen molar-refractivity contribution < 1.29 is 9.53 Å². The number of nitrogens with zero attached hydrogens (tertiary/aromatic N) is 1. The van der Waals surface area contributed by atoms with Crippen LogP contribution in [0.15, 0.2) is 60.7 Å². The number of methoxy groups -OCH3 is 1. The van der Waals surface area contributed by atoms with Crippen LogP contribution >= 0.6 is 24.8 Å². The zero-order valence-electron chi connectivity index (χ0n) is 14.1. The van der Waals surface area contributed by atoms with Gasteiger partial charge < -0.3 is 10.1 Å². The van der Waals surface area contributed by atoms with Gasteiger partial charge in [0, 0.05) is 19.6 Å². The van der Waals surface area contributed by atoms with Crippen LogP contribution in [0.1, 0.15) is 17.2 Å². The summed E-state index contributed by atoms with van der Waals surface area (Å²) in [6.07, 6.45) is 0. The molecule has 0 spiro atoms. The number of carbonyl (C=O) groups is 1. The van der Waals surface area contributed by atoms with Gasteiger partial charge in [0.05, 0.1) is 13.2 Å². The molecule has 2 aromatic rings. The van der Waals surface area contributed by atoms with Crippen molar-refractivity contribution in [1.82, 2.24) is 10.2 Å². The van der Waals surface area contributed by atoms with Crippen LogP contribution in [-0.4, -0.2) is 43.7 Å². The number of benzene rings is 2. The minimum absolute atomic E-state index is 0. The summed E-state index contributed by atoms with van der Waals surface area (Å²) < 4.78 is 5.02. The number of carbonyl (C=O) groups excluding carboxylic acids is 1. The predicted molar refractivity (Wildman–Crippen MR) is 105 cm³/mol. The molecule has 4 nitrogen and oxygen atoms in total. The van der Waals surface area contributed by atoms with Gasteiger partial charge in [0.2, 0.25) is 0 Å². The number of nitrogens with one attached hydrogen (secondary N) is 1. The molecule has 6 heteroatoms. The lowest BCUT2D eigenvalue weighted by atomic mass is 9.94. The summed E-state index contributed by atoms with van der Waals surface area (Å²) in [6, 6.07) is 20.4. The molecule has 1 fully saturated rings. The summed E-state index contributed by atoms with van der Waals surface area (Å²) in [5.41, 5.74) is 2.38. The second kappa shape index (κ2) is 10.4. The maximum absolute atomic E-state index is 12.2. The first-order chi connectivity index (χ1) is 11.3. The van der Waals surface area contributed by atoms with E-state index in [2.05, 4.69) is 34.5 Å². The highest BCUT2D eigenvalue weighted by Gasteiger charge is 2.35. The molecule has 1 aliphatic heterocycles. The van der Waals surface area contributed by atoms with Crippen LogP contribution in [0.2, 0.25) is 0 Å². The van der Waals surface area contributed by atoms with Gasteiger partial charge in [-0.15, -0.1) is 24.8 Å². The van der Waals surface area contributed by atoms with Crippen LogP contribution in [0.25, 0.3) is 0 Å². The molecule has 3 rings (SSSR count). The van der Waals surface area contributed by atoms with E-state index < -0.39 is 0 Å². The van der Waals surface area contributed by atoms with E-state index in [0.717, 1.165) is 13.1 Å². The third kappa shape index (κ3) is 4.95. The molecule has 2 aromatic carbocycles. The zero-order valence-corrected chi connectivity index (χ0v) is 15.8. The molecule has 1 N–H and O–H groups in total. The van der Waals surface area contributed by atoms with Crippen LogP contribution in [-0.2, 0) is 9.53 Å². The van der Waals surface area contributed by atoms with Crippen LogP contribution in [0.3, 0.4) is 0 Å². The average molecular weight is 383 g/mol. The lowest BCUT2D eigenvalue weighted by Gasteiger charge is -2.40. The number of esters is 1. The molecule has 0 aromatic heterocycles. The predicted octanol–water partition coefficient (Wildman–Crippen LogP) is 3.07. The minimum Gasteiger partial charge on any atom is -0.468 e. The topological polar surface area (TPSA) is 41.6 Å². The highest BCUT2D eigenvalue weighted by Crippen LogP contribution is 2.31. The van der Waals surface area contributed by atoms with E-state index in [1.54, 1.807) is 0 Å². The summed E-state index contributed by atoms with van der Waals surface area (Å²) >= 11 is 0. The third-order valence-electron chi connectivity index (χ3n) is 4.32. The number of rotatable bonds is 4. The highest BCUT2D eigenvalue weighted by atomic mass is 35.5. The maximum Gasteiger partial charge on any atom is 0.324 e. The Kier molecular flexibility index (Phi) is 8.93. The summed E-state index contributed by atoms with van der Waals surface area (Å²) in [5.74, 6) is -0.186. The van der Waals surface area contributed by atoms with E-state index >= 15 is 0 Å². The largest absolute Gasteiger partial charge is 0.468 e. The lowest BCUT2D eigenvalue weighted by Crippen LogP contribution is -2.56. The Labute approximate surface area is 161 Å². The molecule has 25 heavy (non-hydrogen) atoms. The molecule has 0 aliphatic carbocycles. The van der Waals surface area contributed by atoms with Crippen molar-refractivity contribution in [3.05, 3.63) is 71.8 Å². The Balaban J connectivity index is 0.00000156. The number of hydrogen-bond acceptors (Lipinski definition) is 4. The number of piperazine rings is 1. The summed E-state index contributed by atoms with van der Waals surface area (Å²) in [4.78, 5) is 14.5. The Morgan fingerprint density at radius 2 is 1.56 bits per heavy atom. The molecular weight excluding hydrogens is 359 g/mol. The van der Waals surface area contributed by atoms with Crippen molar-refractivity contribution in [3.63, 3.8) is 0 Å². The monoisotopic (exact) mass is 382 g/mol. The Bertz CT molecular complexity index is 601. The first-order valence-corrected chi connectivity index (χ1v) is 7.95. The molecule has 0 amide bonds. The van der Waals surface area contributed by atoms with Crippen LogP contribution in [0.5, 0.6) is 0 Å². The van der Waals surface area contributed by atoms with Gasteiger partial charge >= 0.3 is 5.97 Å². The normalized spacial score (nSPS) is 17.3. The summed E-state index contributed by atoms with van der Waals surface area (Å²) in [6.45, 7) is 2.28. The maximum atomic E-state index is 12.2. The molecule has 1 heterocycles. The van der Waals surface area contributed by atoms with Crippen LogP contribution in [0.4, 0.5) is 0 Å². The standard InChI is InChI=1S/C19H22N2O2.2ClH/c1-23-19(22)17-14-20-12-13-21(17)18(15-8-4-2-5-9-15)16-10-6-3-7-11-16;;/h2-11,17-18,20H,12-14H2,1H3;2*1H/t17-;;/m0../s1. The minimum atomic E-state index is -0.279. The van der Waals surface area contributed by atoms with Gasteiger partial charge in [0.1, 0.15) is 6.04 Å². The van der Waals surface area contributed by atoms with E-state index in [-0.39, 0.29) is 42.9 Å². The SMILES string of the molecule is COC(=O)[C@@H]1CNCCN1C(c1ccccc1)c1ccccc1.Cl.Cl. The van der Waals surface area contributed by atoms with Crippen LogP contribution < -0.4 is 5.32 Å². The van der Waals surface area contributed by atoms with Gasteiger partial charge in [-0.1, -0.05) is 60.7 Å². The van der Waals surface area contributed by atoms with Gasteiger partial charge in [0.25, 0.3) is 0 Å². The molecule has 136 valence electrons. The first kappa shape index (κ1) is 21.5. The van der Waals surface area contributed by atoms with E-state index in [0.29, 0.717) is 6.54 Å². The van der Waals surface area contributed by atoms with Gasteiger partial charge in [-0.05, 0) is 11.1 Å². The van der Waals surface area contributed by atoms with E-state index in [9.17, 15) is 4.79 Å². The fraction of sp³-hybridized carbons (Fsp3) is 0.316. The van der Waals surface area contributed by atoms with Crippen molar-refractivity contribution in [2.45, 2.75) is 12.1 Å². The van der Waals surface area contributed by atoms with Crippen LogP contribution in [0, 0.1) is 0 Å².